The van der Waals surface area contributed by atoms with Gasteiger partial charge < -0.3 is 0 Å². The second kappa shape index (κ2) is 15.0. The van der Waals surface area contributed by atoms with E-state index >= 15 is 0 Å². The van der Waals surface area contributed by atoms with E-state index < -0.39 is 0 Å². The van der Waals surface area contributed by atoms with Crippen molar-refractivity contribution in [2.24, 2.45) is 0 Å². The molecule has 0 aromatic carbocycles. The highest BCUT2D eigenvalue weighted by molar-refractivity contribution is 5.07. The van der Waals surface area contributed by atoms with Crippen molar-refractivity contribution in [2.75, 3.05) is 0 Å². The third kappa shape index (κ3) is 15.9. The van der Waals surface area contributed by atoms with E-state index in [0.29, 0.717) is 0 Å². The highest BCUT2D eigenvalue weighted by atomic mass is 14.0. The lowest BCUT2D eigenvalue weighted by atomic mass is 10.0. The van der Waals surface area contributed by atoms with Crippen LogP contribution in [0.25, 0.3) is 0 Å². The van der Waals surface area contributed by atoms with Crippen molar-refractivity contribution in [3.63, 3.8) is 0 Å². The zero-order chi connectivity index (χ0) is 19.1. The van der Waals surface area contributed by atoms with E-state index in [1.807, 2.05) is 0 Å². The van der Waals surface area contributed by atoms with Gasteiger partial charge in [0.2, 0.25) is 0 Å². The highest BCUT2D eigenvalue weighted by Gasteiger charge is 1.94. The van der Waals surface area contributed by atoms with Gasteiger partial charge in [0, 0.05) is 0 Å². The van der Waals surface area contributed by atoms with E-state index in [4.69, 9.17) is 0 Å². The van der Waals surface area contributed by atoms with Gasteiger partial charge in [0.25, 0.3) is 0 Å². The van der Waals surface area contributed by atoms with Gasteiger partial charge in [0.1, 0.15) is 0 Å². The first-order valence-electron chi connectivity index (χ1n) is 10.1. The van der Waals surface area contributed by atoms with Crippen LogP contribution in [0, 0.1) is 0 Å². The van der Waals surface area contributed by atoms with E-state index in [-0.39, 0.29) is 0 Å². The highest BCUT2D eigenvalue weighted by Crippen LogP contribution is 2.14. The lowest BCUT2D eigenvalue weighted by Gasteiger charge is -2.03. The van der Waals surface area contributed by atoms with E-state index in [1.165, 1.54) is 79.2 Å². The minimum Gasteiger partial charge on any atom is -0.0887 e. The van der Waals surface area contributed by atoms with Crippen molar-refractivity contribution in [1.29, 1.82) is 0 Å². The minimum absolute atomic E-state index is 1.18. The molecule has 0 rings (SSSR count). The van der Waals surface area contributed by atoms with Crippen LogP contribution in [0.3, 0.4) is 0 Å². The number of hydrogen-bond acceptors (Lipinski definition) is 0. The fourth-order valence-corrected chi connectivity index (χ4v) is 2.68. The molecule has 0 amide bonds. The fourth-order valence-electron chi connectivity index (χ4n) is 2.68. The normalized spacial score (nSPS) is 14.0. The van der Waals surface area contributed by atoms with Crippen LogP contribution >= 0.6 is 0 Å². The van der Waals surface area contributed by atoms with Crippen molar-refractivity contribution in [3.05, 3.63) is 58.2 Å². The third-order valence-corrected chi connectivity index (χ3v) is 4.68. The maximum atomic E-state index is 2.43. The van der Waals surface area contributed by atoms with Crippen molar-refractivity contribution in [3.8, 4) is 0 Å². The second-order valence-electron chi connectivity index (χ2n) is 7.72. The quantitative estimate of drug-likeness (QED) is 0.311. The molecular weight excluding hydrogens is 300 g/mol. The lowest BCUT2D eigenvalue weighted by Crippen LogP contribution is -1.82. The van der Waals surface area contributed by atoms with Crippen LogP contribution in [0.4, 0.5) is 0 Å². The van der Waals surface area contributed by atoms with Crippen molar-refractivity contribution in [1.82, 2.24) is 0 Å². The van der Waals surface area contributed by atoms with Crippen LogP contribution in [0.1, 0.15) is 99.8 Å². The van der Waals surface area contributed by atoms with Crippen LogP contribution in [-0.4, -0.2) is 0 Å². The zero-order valence-corrected chi connectivity index (χ0v) is 18.0. The smallest absolute Gasteiger partial charge is 0.0288 e. The molecule has 0 saturated carbocycles. The molecule has 25 heavy (non-hydrogen) atoms. The van der Waals surface area contributed by atoms with Gasteiger partial charge >= 0.3 is 0 Å². The Morgan fingerprint density at radius 3 is 1.12 bits per heavy atom. The summed E-state index contributed by atoms with van der Waals surface area (Å²) >= 11 is 0. The summed E-state index contributed by atoms with van der Waals surface area (Å²) in [6.45, 7) is 15.5. The molecule has 142 valence electrons. The second-order valence-corrected chi connectivity index (χ2v) is 7.72. The van der Waals surface area contributed by atoms with E-state index in [9.17, 15) is 0 Å². The molecule has 0 nitrogen and oxygen atoms in total. The van der Waals surface area contributed by atoms with E-state index in [2.05, 4.69) is 78.8 Å². The van der Waals surface area contributed by atoms with Gasteiger partial charge in [-0.15, -0.1) is 0 Å². The summed E-state index contributed by atoms with van der Waals surface area (Å²) in [6, 6.07) is 0. The van der Waals surface area contributed by atoms with Crippen LogP contribution < -0.4 is 0 Å². The minimum atomic E-state index is 1.18. The Labute approximate surface area is 158 Å². The zero-order valence-electron chi connectivity index (χ0n) is 18.0. The molecular formula is C25H42. The summed E-state index contributed by atoms with van der Waals surface area (Å²) in [7, 11) is 0. The standard InChI is InChI=1S/C25H42/c1-8-22(4)14-10-16-24(6)18-12-20-25(7)19-11-17-23(5)15-9-13-21(2)3/h8,13,16-17,20H,9-12,14-15,18-19H2,1-7H3. The van der Waals surface area contributed by atoms with Crippen LogP contribution in [0.15, 0.2) is 58.2 Å². The van der Waals surface area contributed by atoms with Gasteiger partial charge in [-0.1, -0.05) is 58.2 Å². The Kier molecular flexibility index (Phi) is 14.2. The molecule has 0 atom stereocenters. The summed E-state index contributed by atoms with van der Waals surface area (Å²) in [5.41, 5.74) is 7.51. The van der Waals surface area contributed by atoms with Gasteiger partial charge in [-0.05, 0) is 99.8 Å². The van der Waals surface area contributed by atoms with Crippen molar-refractivity contribution in [2.45, 2.75) is 99.8 Å². The van der Waals surface area contributed by atoms with E-state index in [1.54, 1.807) is 0 Å². The molecule has 0 aliphatic rings. The fraction of sp³-hybridized carbons (Fsp3) is 0.600. The van der Waals surface area contributed by atoms with E-state index in [0.717, 1.165) is 0 Å². The molecule has 0 bridgehead atoms. The largest absolute Gasteiger partial charge is 0.0887 e. The van der Waals surface area contributed by atoms with Gasteiger partial charge in [0.15, 0.2) is 0 Å². The van der Waals surface area contributed by atoms with Gasteiger partial charge in [-0.2, -0.15) is 0 Å². The van der Waals surface area contributed by atoms with Gasteiger partial charge in [-0.25, -0.2) is 0 Å². The molecule has 0 N–H and O–H groups in total. The first-order valence-corrected chi connectivity index (χ1v) is 10.1. The summed E-state index contributed by atoms with van der Waals surface area (Å²) in [5, 5.41) is 0. The molecule has 0 aromatic heterocycles. The molecule has 0 unspecified atom stereocenters. The lowest BCUT2D eigenvalue weighted by molar-refractivity contribution is 0.891. The molecule has 0 heterocycles. The topological polar surface area (TPSA) is 0 Å². The monoisotopic (exact) mass is 342 g/mol. The predicted molar refractivity (Wildman–Crippen MR) is 117 cm³/mol. The van der Waals surface area contributed by atoms with Gasteiger partial charge in [-0.3, -0.25) is 0 Å². The molecule has 0 fully saturated rings. The summed E-state index contributed by atoms with van der Waals surface area (Å²) in [6.07, 6.45) is 21.3. The average Bonchev–Trinajstić information content (AvgIpc) is 2.54. The van der Waals surface area contributed by atoms with Gasteiger partial charge in [0.05, 0.1) is 0 Å². The predicted octanol–water partition coefficient (Wildman–Crippen LogP) is 8.88. The first-order chi connectivity index (χ1) is 11.8. The summed E-state index contributed by atoms with van der Waals surface area (Å²) < 4.78 is 0. The molecule has 0 aliphatic carbocycles. The maximum Gasteiger partial charge on any atom is -0.0288 e. The Bertz CT molecular complexity index is 502. The van der Waals surface area contributed by atoms with Crippen molar-refractivity contribution >= 4 is 0 Å². The maximum absolute atomic E-state index is 2.43. The number of rotatable bonds is 12. The van der Waals surface area contributed by atoms with Crippen LogP contribution in [0.2, 0.25) is 0 Å². The Morgan fingerprint density at radius 2 is 0.800 bits per heavy atom. The molecule has 0 aliphatic heterocycles. The SMILES string of the molecule is CC=C(C)CCC=C(C)CCC=C(C)CCC=C(C)CCC=C(C)C. The van der Waals surface area contributed by atoms with Crippen LogP contribution in [0.5, 0.6) is 0 Å². The summed E-state index contributed by atoms with van der Waals surface area (Å²) in [5.74, 6) is 0. The Balaban J connectivity index is 4.01. The molecule has 0 aromatic rings. The molecule has 0 radical (unpaired) electrons. The summed E-state index contributed by atoms with van der Waals surface area (Å²) in [4.78, 5) is 0. The molecule has 0 spiro atoms. The number of allylic oxidation sites excluding steroid dienone is 10. The number of hydrogen-bond donors (Lipinski definition) is 0. The van der Waals surface area contributed by atoms with Crippen molar-refractivity contribution < 1.29 is 0 Å². The molecule has 0 saturated heterocycles. The Morgan fingerprint density at radius 1 is 0.480 bits per heavy atom. The third-order valence-electron chi connectivity index (χ3n) is 4.68. The average molecular weight is 343 g/mol. The van der Waals surface area contributed by atoms with Crippen LogP contribution in [-0.2, 0) is 0 Å². The Hall–Kier alpha value is -1.30. The first kappa shape index (κ1) is 23.7. The molecule has 0 heteroatoms.